The van der Waals surface area contributed by atoms with E-state index >= 15 is 0 Å². The zero-order valence-corrected chi connectivity index (χ0v) is 9.39. The number of anilines is 1. The van der Waals surface area contributed by atoms with Crippen LogP contribution in [-0.4, -0.2) is 15.0 Å². The summed E-state index contributed by atoms with van der Waals surface area (Å²) in [6.45, 7) is 0. The van der Waals surface area contributed by atoms with Crippen molar-refractivity contribution in [1.29, 1.82) is 0 Å². The molecule has 0 aliphatic heterocycles. The number of aromatic nitrogens is 3. The first kappa shape index (κ1) is 12.4. The Balaban J connectivity index is 2.39. The molecule has 0 fully saturated rings. The van der Waals surface area contributed by atoms with Crippen molar-refractivity contribution in [3.05, 3.63) is 40.1 Å². The Kier molecular flexibility index (Phi) is 3.24. The summed E-state index contributed by atoms with van der Waals surface area (Å²) in [4.78, 5) is 20.1. The van der Waals surface area contributed by atoms with Gasteiger partial charge in [-0.15, -0.1) is 0 Å². The fourth-order valence-corrected chi connectivity index (χ4v) is 1.86. The molecule has 9 heteroatoms. The lowest BCUT2D eigenvalue weighted by Gasteiger charge is -2.02. The van der Waals surface area contributed by atoms with Crippen LogP contribution in [0.4, 0.5) is 19.0 Å². The van der Waals surface area contributed by atoms with E-state index < -0.39 is 28.2 Å². The van der Waals surface area contributed by atoms with E-state index in [0.717, 1.165) is 6.07 Å². The van der Waals surface area contributed by atoms with E-state index in [1.165, 1.54) is 0 Å². The van der Waals surface area contributed by atoms with Gasteiger partial charge in [0.25, 0.3) is 5.56 Å². The number of nitrogens with zero attached hydrogens (tertiary/aromatic N) is 2. The molecule has 0 atom stereocenters. The average Bonchev–Trinajstić information content (AvgIpc) is 2.24. The highest BCUT2D eigenvalue weighted by atomic mass is 32.2. The number of hydrogen-bond donors (Lipinski definition) is 2. The van der Waals surface area contributed by atoms with E-state index in [9.17, 15) is 18.0 Å². The van der Waals surface area contributed by atoms with Crippen molar-refractivity contribution in [1.82, 2.24) is 15.0 Å². The third kappa shape index (κ3) is 2.62. The highest BCUT2D eigenvalue weighted by Gasteiger charge is 2.14. The van der Waals surface area contributed by atoms with Gasteiger partial charge in [0.1, 0.15) is 10.8 Å². The van der Waals surface area contributed by atoms with Crippen molar-refractivity contribution in [3.8, 4) is 0 Å². The molecule has 0 radical (unpaired) electrons. The van der Waals surface area contributed by atoms with Gasteiger partial charge in [-0.05, 0) is 11.8 Å². The monoisotopic (exact) mass is 274 g/mol. The molecule has 2 heterocycles. The molecule has 0 bridgehead atoms. The predicted octanol–water partition coefficient (Wildman–Crippen LogP) is 1.32. The van der Waals surface area contributed by atoms with Gasteiger partial charge in [0, 0.05) is 12.1 Å². The van der Waals surface area contributed by atoms with Gasteiger partial charge >= 0.3 is 0 Å². The first-order chi connectivity index (χ1) is 8.45. The van der Waals surface area contributed by atoms with Crippen LogP contribution in [0.1, 0.15) is 0 Å². The van der Waals surface area contributed by atoms with Crippen molar-refractivity contribution in [2.75, 3.05) is 5.73 Å². The zero-order chi connectivity index (χ0) is 13.3. The van der Waals surface area contributed by atoms with Gasteiger partial charge < -0.3 is 10.7 Å². The lowest BCUT2D eigenvalue weighted by Crippen LogP contribution is -2.09. The summed E-state index contributed by atoms with van der Waals surface area (Å²) in [5.41, 5.74) is 4.76. The van der Waals surface area contributed by atoms with Crippen molar-refractivity contribution in [2.24, 2.45) is 0 Å². The second kappa shape index (κ2) is 4.69. The SMILES string of the molecule is Nc1cc(=O)[nH]c(Sc2nc(F)c(F)cc2F)n1. The fraction of sp³-hybridized carbons (Fsp3) is 0. The highest BCUT2D eigenvalue weighted by molar-refractivity contribution is 7.99. The van der Waals surface area contributed by atoms with Crippen LogP contribution in [0.25, 0.3) is 0 Å². The van der Waals surface area contributed by atoms with Crippen LogP contribution in [0.5, 0.6) is 0 Å². The normalized spacial score (nSPS) is 10.6. The molecule has 0 unspecified atom stereocenters. The van der Waals surface area contributed by atoms with Crippen LogP contribution in [0.15, 0.2) is 27.1 Å². The largest absolute Gasteiger partial charge is 0.383 e. The van der Waals surface area contributed by atoms with Crippen molar-refractivity contribution < 1.29 is 13.2 Å². The van der Waals surface area contributed by atoms with Gasteiger partial charge in [-0.3, -0.25) is 4.79 Å². The number of nitrogens with one attached hydrogen (secondary N) is 1. The lowest BCUT2D eigenvalue weighted by molar-refractivity contribution is 0.448. The van der Waals surface area contributed by atoms with E-state index in [4.69, 9.17) is 5.73 Å². The maximum Gasteiger partial charge on any atom is 0.253 e. The van der Waals surface area contributed by atoms with Crippen LogP contribution in [-0.2, 0) is 0 Å². The first-order valence-electron chi connectivity index (χ1n) is 4.52. The molecule has 3 N–H and O–H groups in total. The van der Waals surface area contributed by atoms with Crippen LogP contribution in [0, 0.1) is 17.6 Å². The molecule has 0 aromatic carbocycles. The number of pyridine rings is 1. The van der Waals surface area contributed by atoms with Crippen molar-refractivity contribution in [3.63, 3.8) is 0 Å². The summed E-state index contributed by atoms with van der Waals surface area (Å²) in [6.07, 6.45) is 0. The smallest absolute Gasteiger partial charge is 0.253 e. The van der Waals surface area contributed by atoms with Gasteiger partial charge in [-0.25, -0.2) is 18.7 Å². The van der Waals surface area contributed by atoms with Crippen LogP contribution in [0.2, 0.25) is 0 Å². The summed E-state index contributed by atoms with van der Waals surface area (Å²) in [6, 6.07) is 1.38. The molecule has 0 saturated carbocycles. The molecule has 2 rings (SSSR count). The molecular weight excluding hydrogens is 269 g/mol. The fourth-order valence-electron chi connectivity index (χ4n) is 1.09. The van der Waals surface area contributed by atoms with E-state index in [0.29, 0.717) is 17.8 Å². The minimum absolute atomic E-state index is 0.0718. The van der Waals surface area contributed by atoms with E-state index in [-0.39, 0.29) is 11.0 Å². The maximum atomic E-state index is 13.3. The second-order valence-electron chi connectivity index (χ2n) is 3.13. The quantitative estimate of drug-likeness (QED) is 0.637. The molecule has 5 nitrogen and oxygen atoms in total. The Labute approximate surface area is 102 Å². The third-order valence-electron chi connectivity index (χ3n) is 1.79. The minimum atomic E-state index is -1.44. The molecule has 18 heavy (non-hydrogen) atoms. The average molecular weight is 274 g/mol. The Bertz CT molecular complexity index is 661. The third-order valence-corrected chi connectivity index (χ3v) is 2.65. The Morgan fingerprint density at radius 1 is 1.17 bits per heavy atom. The zero-order valence-electron chi connectivity index (χ0n) is 8.58. The first-order valence-corrected chi connectivity index (χ1v) is 5.33. The second-order valence-corrected chi connectivity index (χ2v) is 4.10. The molecule has 0 aliphatic carbocycles. The molecular formula is C9H5F3N4OS. The number of rotatable bonds is 2. The van der Waals surface area contributed by atoms with Crippen LogP contribution < -0.4 is 11.3 Å². The molecule has 0 spiro atoms. The molecule has 0 aliphatic rings. The predicted molar refractivity (Wildman–Crippen MR) is 57.5 cm³/mol. The summed E-state index contributed by atoms with van der Waals surface area (Å²) in [5.74, 6) is -3.98. The van der Waals surface area contributed by atoms with Crippen LogP contribution in [0.3, 0.4) is 0 Å². The number of hydrogen-bond acceptors (Lipinski definition) is 5. The maximum absolute atomic E-state index is 13.3. The summed E-state index contributed by atoms with van der Waals surface area (Å²) in [5, 5.41) is -0.528. The number of halogens is 3. The van der Waals surface area contributed by atoms with E-state index in [2.05, 4.69) is 15.0 Å². The molecule has 2 aromatic heterocycles. The van der Waals surface area contributed by atoms with Gasteiger partial charge in [-0.2, -0.15) is 4.39 Å². The summed E-state index contributed by atoms with van der Waals surface area (Å²) in [7, 11) is 0. The number of H-pyrrole nitrogens is 1. The van der Waals surface area contributed by atoms with E-state index in [1.807, 2.05) is 0 Å². The Morgan fingerprint density at radius 3 is 2.56 bits per heavy atom. The van der Waals surface area contributed by atoms with E-state index in [1.54, 1.807) is 0 Å². The summed E-state index contributed by atoms with van der Waals surface area (Å²) >= 11 is 0.526. The highest BCUT2D eigenvalue weighted by Crippen LogP contribution is 2.25. The van der Waals surface area contributed by atoms with Crippen molar-refractivity contribution >= 4 is 17.6 Å². The Hall–Kier alpha value is -2.03. The number of nitrogen functional groups attached to an aromatic ring is 1. The van der Waals surface area contributed by atoms with Gasteiger partial charge in [-0.1, -0.05) is 0 Å². The van der Waals surface area contributed by atoms with Gasteiger partial charge in [0.2, 0.25) is 5.95 Å². The van der Waals surface area contributed by atoms with Gasteiger partial charge in [0.15, 0.2) is 16.8 Å². The van der Waals surface area contributed by atoms with Crippen LogP contribution >= 0.6 is 11.8 Å². The van der Waals surface area contributed by atoms with Gasteiger partial charge in [0.05, 0.1) is 0 Å². The Morgan fingerprint density at radius 2 is 1.89 bits per heavy atom. The molecule has 2 aromatic rings. The van der Waals surface area contributed by atoms with Crippen molar-refractivity contribution in [2.45, 2.75) is 10.2 Å². The summed E-state index contributed by atoms with van der Waals surface area (Å²) < 4.78 is 38.8. The molecule has 0 amide bonds. The number of nitrogens with two attached hydrogens (primary N) is 1. The number of aromatic amines is 1. The molecule has 94 valence electrons. The topological polar surface area (TPSA) is 84.7 Å². The lowest BCUT2D eigenvalue weighted by atomic mass is 10.4. The molecule has 0 saturated heterocycles. The standard InChI is InChI=1S/C9H5F3N4OS/c10-3-1-4(11)8(16-7(3)12)18-9-14-5(13)2-6(17)15-9/h1-2H,(H3,13,14,15,17). The minimum Gasteiger partial charge on any atom is -0.383 e.